The van der Waals surface area contributed by atoms with Gasteiger partial charge in [-0.15, -0.1) is 0 Å². The molecule has 0 radical (unpaired) electrons. The summed E-state index contributed by atoms with van der Waals surface area (Å²) in [4.78, 5) is 46.2. The van der Waals surface area contributed by atoms with Gasteiger partial charge in [-0.05, 0) is 25.0 Å². The van der Waals surface area contributed by atoms with Gasteiger partial charge in [-0.2, -0.15) is 13.2 Å². The lowest BCUT2D eigenvalue weighted by molar-refractivity contribution is -0.168. The number of fused-ring (bicyclic) bond motifs is 4. The molecule has 1 fully saturated rings. The van der Waals surface area contributed by atoms with Crippen molar-refractivity contribution in [2.45, 2.75) is 45.3 Å². The van der Waals surface area contributed by atoms with Gasteiger partial charge < -0.3 is 9.32 Å². The van der Waals surface area contributed by atoms with E-state index in [2.05, 4.69) is 25.3 Å². The van der Waals surface area contributed by atoms with Crippen LogP contribution < -0.4 is 15.1 Å². The maximum Gasteiger partial charge on any atom is 0.391 e. The summed E-state index contributed by atoms with van der Waals surface area (Å²) < 4.78 is 44.5. The number of carbonyl (C=O) groups is 2. The minimum atomic E-state index is -4.51. The van der Waals surface area contributed by atoms with E-state index in [1.807, 2.05) is 4.90 Å². The van der Waals surface area contributed by atoms with Crippen LogP contribution in [0.3, 0.4) is 0 Å². The second-order valence-corrected chi connectivity index (χ2v) is 9.19. The van der Waals surface area contributed by atoms with E-state index in [4.69, 9.17) is 4.42 Å². The minimum absolute atomic E-state index is 0.188. The van der Waals surface area contributed by atoms with E-state index in [-0.39, 0.29) is 23.5 Å². The van der Waals surface area contributed by atoms with Crippen molar-refractivity contribution < 1.29 is 27.2 Å². The number of aromatic nitrogens is 4. The van der Waals surface area contributed by atoms with E-state index in [1.54, 1.807) is 25.3 Å². The molecule has 0 saturated carbocycles. The monoisotopic (exact) mass is 515 g/mol. The third-order valence-corrected chi connectivity index (χ3v) is 6.50. The van der Waals surface area contributed by atoms with E-state index in [0.29, 0.717) is 35.9 Å². The molecule has 37 heavy (non-hydrogen) atoms. The molecule has 3 aromatic heterocycles. The van der Waals surface area contributed by atoms with Gasteiger partial charge in [0.25, 0.3) is 0 Å². The molecular weight excluding hydrogens is 491 g/mol. The Morgan fingerprint density at radius 3 is 2.78 bits per heavy atom. The lowest BCUT2D eigenvalue weighted by Crippen LogP contribution is -2.56. The highest BCUT2D eigenvalue weighted by Gasteiger charge is 2.40. The number of hydrogen-bond acceptors (Lipinski definition) is 8. The standard InChI is InChI=1S/C24H24F3N7O3/c1-13(24(25,26)27)8-18(35)21-30-10-17-22(32-21)34(16-4-3-7-33(17)12-16)23(36)31-20-9-15(5-6-28-20)19-11-29-14(2)37-19/h5-6,9-11,13,16H,3-4,7-8,12H2,1-2H3,(H,28,31,36)/t13-,16-/m0/s1. The summed E-state index contributed by atoms with van der Waals surface area (Å²) in [7, 11) is 0. The first-order valence-electron chi connectivity index (χ1n) is 11.8. The van der Waals surface area contributed by atoms with Gasteiger partial charge in [0.1, 0.15) is 5.82 Å². The third-order valence-electron chi connectivity index (χ3n) is 6.50. The Balaban J connectivity index is 1.43. The number of amides is 2. The number of carbonyl (C=O) groups excluding carboxylic acids is 2. The van der Waals surface area contributed by atoms with Crippen LogP contribution in [-0.2, 0) is 0 Å². The number of pyridine rings is 1. The first-order chi connectivity index (χ1) is 17.6. The van der Waals surface area contributed by atoms with Crippen molar-refractivity contribution in [2.24, 2.45) is 5.92 Å². The van der Waals surface area contributed by atoms with E-state index in [0.717, 1.165) is 19.9 Å². The fraction of sp³-hybridized carbons (Fsp3) is 0.417. The number of halogens is 3. The summed E-state index contributed by atoms with van der Waals surface area (Å²) >= 11 is 0. The van der Waals surface area contributed by atoms with Crippen molar-refractivity contribution in [1.29, 1.82) is 0 Å². The van der Waals surface area contributed by atoms with Crippen molar-refractivity contribution in [2.75, 3.05) is 28.2 Å². The zero-order valence-electron chi connectivity index (χ0n) is 20.1. The van der Waals surface area contributed by atoms with Gasteiger partial charge in [-0.25, -0.2) is 24.7 Å². The third kappa shape index (κ3) is 4.98. The van der Waals surface area contributed by atoms with E-state index < -0.39 is 30.3 Å². The SMILES string of the molecule is Cc1ncc(-c2ccnc(NC(=O)N3c4nc(C(=O)C[C@H](C)C(F)(F)F)ncc4N4CCC[C@H]3C4)c2)o1. The first kappa shape index (κ1) is 24.7. The van der Waals surface area contributed by atoms with Gasteiger partial charge in [-0.3, -0.25) is 15.0 Å². The molecule has 2 aliphatic heterocycles. The molecule has 0 unspecified atom stereocenters. The van der Waals surface area contributed by atoms with Crippen molar-refractivity contribution >= 4 is 29.1 Å². The number of urea groups is 1. The highest BCUT2D eigenvalue weighted by atomic mass is 19.4. The molecule has 1 N–H and O–H groups in total. The van der Waals surface area contributed by atoms with Crippen LogP contribution in [0.4, 0.5) is 35.3 Å². The van der Waals surface area contributed by atoms with Crippen molar-refractivity contribution in [3.05, 3.63) is 42.4 Å². The predicted molar refractivity (Wildman–Crippen MR) is 127 cm³/mol. The molecule has 0 spiro atoms. The Kier molecular flexibility index (Phi) is 6.30. The molecule has 0 aromatic carbocycles. The first-order valence-corrected chi connectivity index (χ1v) is 11.8. The van der Waals surface area contributed by atoms with Crippen LogP contribution in [-0.4, -0.2) is 57.1 Å². The quantitative estimate of drug-likeness (QED) is 0.489. The summed E-state index contributed by atoms with van der Waals surface area (Å²) in [6.07, 6.45) is 0.742. The molecule has 0 aliphatic carbocycles. The van der Waals surface area contributed by atoms with Crippen LogP contribution in [0.15, 0.2) is 35.1 Å². The number of ketones is 1. The highest BCUT2D eigenvalue weighted by Crippen LogP contribution is 2.38. The van der Waals surface area contributed by atoms with Gasteiger partial charge in [0.2, 0.25) is 5.78 Å². The van der Waals surface area contributed by atoms with Crippen LogP contribution in [0.2, 0.25) is 0 Å². The summed E-state index contributed by atoms with van der Waals surface area (Å²) in [5.41, 5.74) is 1.22. The normalized spacial score (nSPS) is 17.8. The molecule has 2 atom stereocenters. The maximum absolute atomic E-state index is 13.5. The molecule has 3 aromatic rings. The highest BCUT2D eigenvalue weighted by molar-refractivity contribution is 6.04. The average molecular weight is 515 g/mol. The van der Waals surface area contributed by atoms with Gasteiger partial charge in [-0.1, -0.05) is 6.92 Å². The number of anilines is 3. The molecule has 194 valence electrons. The Morgan fingerprint density at radius 2 is 2.05 bits per heavy atom. The van der Waals surface area contributed by atoms with Crippen LogP contribution in [0.5, 0.6) is 0 Å². The Bertz CT molecular complexity index is 1340. The fourth-order valence-corrected chi connectivity index (χ4v) is 4.52. The molecule has 5 heterocycles. The lowest BCUT2D eigenvalue weighted by Gasteiger charge is -2.45. The second-order valence-electron chi connectivity index (χ2n) is 9.19. The van der Waals surface area contributed by atoms with Crippen molar-refractivity contribution in [3.63, 3.8) is 0 Å². The van der Waals surface area contributed by atoms with Crippen molar-refractivity contribution in [3.8, 4) is 11.3 Å². The number of alkyl halides is 3. The minimum Gasteiger partial charge on any atom is -0.441 e. The number of piperidine rings is 1. The number of hydrogen-bond donors (Lipinski definition) is 1. The topological polar surface area (TPSA) is 117 Å². The summed E-state index contributed by atoms with van der Waals surface area (Å²) in [6.45, 7) is 3.93. The van der Waals surface area contributed by atoms with Gasteiger partial charge in [0.15, 0.2) is 23.3 Å². The average Bonchev–Trinajstić information content (AvgIpc) is 3.30. The Labute approximate surface area is 209 Å². The van der Waals surface area contributed by atoms with Gasteiger partial charge in [0.05, 0.1) is 30.0 Å². The molecule has 5 rings (SSSR count). The zero-order valence-corrected chi connectivity index (χ0v) is 20.1. The van der Waals surface area contributed by atoms with Crippen LogP contribution in [0, 0.1) is 12.8 Å². The molecule has 10 nitrogen and oxygen atoms in total. The van der Waals surface area contributed by atoms with Crippen LogP contribution in [0.1, 0.15) is 42.7 Å². The molecule has 2 bridgehead atoms. The van der Waals surface area contributed by atoms with Crippen molar-refractivity contribution in [1.82, 2.24) is 19.9 Å². The number of nitrogens with one attached hydrogen (secondary N) is 1. The zero-order chi connectivity index (χ0) is 26.3. The maximum atomic E-state index is 13.5. The van der Waals surface area contributed by atoms with Crippen LogP contribution >= 0.6 is 0 Å². The summed E-state index contributed by atoms with van der Waals surface area (Å²) in [5.74, 6) is -1.56. The number of oxazole rings is 1. The molecule has 2 aliphatic rings. The fourth-order valence-electron chi connectivity index (χ4n) is 4.52. The predicted octanol–water partition coefficient (Wildman–Crippen LogP) is 4.63. The van der Waals surface area contributed by atoms with E-state index in [9.17, 15) is 22.8 Å². The van der Waals surface area contributed by atoms with Gasteiger partial charge >= 0.3 is 12.2 Å². The number of rotatable bonds is 5. The number of Topliss-reactive ketones (excluding diaryl/α,β-unsaturated/α-hetero) is 1. The molecular formula is C24H24F3N7O3. The smallest absolute Gasteiger partial charge is 0.391 e. The summed E-state index contributed by atoms with van der Waals surface area (Å²) in [5, 5.41) is 2.77. The Hall–Kier alpha value is -4.03. The Morgan fingerprint density at radius 1 is 1.24 bits per heavy atom. The van der Waals surface area contributed by atoms with Gasteiger partial charge in [0, 0.05) is 38.2 Å². The molecule has 1 saturated heterocycles. The largest absolute Gasteiger partial charge is 0.441 e. The van der Waals surface area contributed by atoms with Crippen LogP contribution in [0.25, 0.3) is 11.3 Å². The second kappa shape index (κ2) is 9.45. The van der Waals surface area contributed by atoms with E-state index >= 15 is 0 Å². The number of aryl methyl sites for hydroxylation is 1. The number of nitrogens with zero attached hydrogens (tertiary/aromatic N) is 6. The summed E-state index contributed by atoms with van der Waals surface area (Å²) in [6, 6.07) is 2.60. The van der Waals surface area contributed by atoms with E-state index in [1.165, 1.54) is 17.3 Å². The molecule has 13 heteroatoms. The lowest BCUT2D eigenvalue weighted by atomic mass is 10.00. The molecule has 2 amide bonds.